The summed E-state index contributed by atoms with van der Waals surface area (Å²) in [7, 11) is 0. The monoisotopic (exact) mass is 270 g/mol. The Kier molecular flexibility index (Phi) is 4.81. The molecule has 110 valence electrons. The van der Waals surface area contributed by atoms with Gasteiger partial charge in [0.05, 0.1) is 18.7 Å². The van der Waals surface area contributed by atoms with Gasteiger partial charge < -0.3 is 20.1 Å². The van der Waals surface area contributed by atoms with Crippen molar-refractivity contribution in [1.29, 1.82) is 0 Å². The molecule has 2 N–H and O–H groups in total. The molecule has 2 saturated heterocycles. The number of carbonyl (C=O) groups excluding carboxylic acids is 1. The van der Waals surface area contributed by atoms with Crippen LogP contribution < -0.4 is 5.32 Å². The van der Waals surface area contributed by atoms with Crippen molar-refractivity contribution in [1.82, 2.24) is 10.2 Å². The van der Waals surface area contributed by atoms with E-state index in [1.165, 1.54) is 0 Å². The van der Waals surface area contributed by atoms with Gasteiger partial charge in [-0.2, -0.15) is 0 Å². The lowest BCUT2D eigenvalue weighted by molar-refractivity contribution is -0.141. The Labute approximate surface area is 115 Å². The summed E-state index contributed by atoms with van der Waals surface area (Å²) in [6, 6.07) is -0.0741. The van der Waals surface area contributed by atoms with Crippen molar-refractivity contribution in [2.45, 2.75) is 57.3 Å². The minimum absolute atomic E-state index is 0.0741. The zero-order valence-corrected chi connectivity index (χ0v) is 12.0. The summed E-state index contributed by atoms with van der Waals surface area (Å²) in [5.74, 6) is 0.132. The van der Waals surface area contributed by atoms with E-state index in [2.05, 4.69) is 12.2 Å². The summed E-state index contributed by atoms with van der Waals surface area (Å²) in [6.07, 6.45) is 3.35. The highest BCUT2D eigenvalue weighted by Gasteiger charge is 2.43. The Hall–Kier alpha value is -0.650. The summed E-state index contributed by atoms with van der Waals surface area (Å²) in [5, 5.41) is 13.8. The normalized spacial score (nSPS) is 35.9. The first-order valence-electron chi connectivity index (χ1n) is 7.43. The number of piperidine rings is 1. The van der Waals surface area contributed by atoms with Gasteiger partial charge in [-0.25, -0.2) is 0 Å². The number of ether oxygens (including phenoxy) is 1. The summed E-state index contributed by atoms with van der Waals surface area (Å²) >= 11 is 0. The first-order chi connectivity index (χ1) is 9.07. The molecule has 0 aliphatic carbocycles. The number of rotatable bonds is 5. The van der Waals surface area contributed by atoms with E-state index < -0.39 is 5.60 Å². The molecule has 0 aromatic carbocycles. The van der Waals surface area contributed by atoms with Crippen LogP contribution in [0.4, 0.5) is 0 Å². The number of hydrogen-bond acceptors (Lipinski definition) is 4. The molecule has 0 aromatic heterocycles. The number of carbonyl (C=O) groups is 1. The molecule has 0 spiro atoms. The molecule has 5 nitrogen and oxygen atoms in total. The zero-order valence-electron chi connectivity index (χ0n) is 12.0. The van der Waals surface area contributed by atoms with E-state index in [0.717, 1.165) is 32.4 Å². The molecule has 1 amide bonds. The Morgan fingerprint density at radius 3 is 3.00 bits per heavy atom. The van der Waals surface area contributed by atoms with E-state index in [9.17, 15) is 9.90 Å². The molecule has 0 aromatic rings. The quantitative estimate of drug-likeness (QED) is 0.764. The van der Waals surface area contributed by atoms with Gasteiger partial charge in [0.15, 0.2) is 0 Å². The standard InChI is InChI=1S/C14H26N2O3/c1-3-7-15-12-5-4-8-16(13(12)17)10-14(18)6-9-19-11(14)2/h11-12,15,18H,3-10H2,1-2H3. The Morgan fingerprint density at radius 2 is 2.37 bits per heavy atom. The van der Waals surface area contributed by atoms with Gasteiger partial charge in [-0.3, -0.25) is 4.79 Å². The topological polar surface area (TPSA) is 61.8 Å². The minimum atomic E-state index is -0.873. The van der Waals surface area contributed by atoms with Gasteiger partial charge >= 0.3 is 0 Å². The first kappa shape index (κ1) is 14.8. The molecule has 2 aliphatic heterocycles. The fourth-order valence-electron chi connectivity index (χ4n) is 2.91. The van der Waals surface area contributed by atoms with E-state index in [4.69, 9.17) is 4.74 Å². The fourth-order valence-corrected chi connectivity index (χ4v) is 2.91. The molecule has 2 fully saturated rings. The lowest BCUT2D eigenvalue weighted by atomic mass is 9.94. The molecule has 2 rings (SSSR count). The molecule has 0 bridgehead atoms. The second-order valence-electron chi connectivity index (χ2n) is 5.78. The highest BCUT2D eigenvalue weighted by Crippen LogP contribution is 2.28. The van der Waals surface area contributed by atoms with Crippen LogP contribution >= 0.6 is 0 Å². The predicted octanol–water partition coefficient (Wildman–Crippen LogP) is 0.517. The Morgan fingerprint density at radius 1 is 1.58 bits per heavy atom. The third kappa shape index (κ3) is 3.27. The highest BCUT2D eigenvalue weighted by atomic mass is 16.5. The molecule has 2 heterocycles. The highest BCUT2D eigenvalue weighted by molar-refractivity contribution is 5.82. The lowest BCUT2D eigenvalue weighted by Gasteiger charge is -2.38. The summed E-state index contributed by atoms with van der Waals surface area (Å²) in [6.45, 7) is 6.58. The number of hydrogen-bond donors (Lipinski definition) is 2. The smallest absolute Gasteiger partial charge is 0.239 e. The largest absolute Gasteiger partial charge is 0.385 e. The molecule has 0 saturated carbocycles. The molecule has 5 heteroatoms. The molecule has 0 radical (unpaired) electrons. The van der Waals surface area contributed by atoms with E-state index in [-0.39, 0.29) is 18.1 Å². The number of amides is 1. The number of aliphatic hydroxyl groups is 1. The molecular weight excluding hydrogens is 244 g/mol. The van der Waals surface area contributed by atoms with Crippen LogP contribution in [-0.2, 0) is 9.53 Å². The van der Waals surface area contributed by atoms with Crippen LogP contribution in [0.3, 0.4) is 0 Å². The van der Waals surface area contributed by atoms with Crippen LogP contribution in [-0.4, -0.2) is 59.9 Å². The summed E-state index contributed by atoms with van der Waals surface area (Å²) < 4.78 is 5.43. The van der Waals surface area contributed by atoms with Gasteiger partial charge in [0.25, 0.3) is 0 Å². The minimum Gasteiger partial charge on any atom is -0.385 e. The Bertz CT molecular complexity index is 324. The molecule has 3 unspecified atom stereocenters. The van der Waals surface area contributed by atoms with Gasteiger partial charge in [-0.1, -0.05) is 6.92 Å². The van der Waals surface area contributed by atoms with Crippen molar-refractivity contribution in [2.75, 3.05) is 26.2 Å². The van der Waals surface area contributed by atoms with Crippen molar-refractivity contribution >= 4 is 5.91 Å². The van der Waals surface area contributed by atoms with Crippen molar-refractivity contribution in [2.24, 2.45) is 0 Å². The first-order valence-corrected chi connectivity index (χ1v) is 7.43. The second kappa shape index (κ2) is 6.20. The van der Waals surface area contributed by atoms with Crippen LogP contribution in [0.2, 0.25) is 0 Å². The summed E-state index contributed by atoms with van der Waals surface area (Å²) in [5.41, 5.74) is -0.873. The predicted molar refractivity (Wildman–Crippen MR) is 72.9 cm³/mol. The van der Waals surface area contributed by atoms with E-state index in [1.54, 1.807) is 0 Å². The SMILES string of the molecule is CCCNC1CCCN(CC2(O)CCOC2C)C1=O. The zero-order chi connectivity index (χ0) is 13.9. The van der Waals surface area contributed by atoms with Gasteiger partial charge in [0.1, 0.15) is 5.60 Å². The molecular formula is C14H26N2O3. The molecule has 2 aliphatic rings. The van der Waals surface area contributed by atoms with Crippen LogP contribution in [0.15, 0.2) is 0 Å². The average molecular weight is 270 g/mol. The van der Waals surface area contributed by atoms with Gasteiger partial charge in [-0.15, -0.1) is 0 Å². The number of likely N-dealkylation sites (tertiary alicyclic amines) is 1. The van der Waals surface area contributed by atoms with Crippen molar-refractivity contribution in [3.8, 4) is 0 Å². The number of nitrogens with zero attached hydrogens (tertiary/aromatic N) is 1. The van der Waals surface area contributed by atoms with Gasteiger partial charge in [-0.05, 0) is 32.7 Å². The van der Waals surface area contributed by atoms with Crippen molar-refractivity contribution in [3.05, 3.63) is 0 Å². The summed E-state index contributed by atoms with van der Waals surface area (Å²) in [4.78, 5) is 14.2. The molecule has 3 atom stereocenters. The van der Waals surface area contributed by atoms with Crippen LogP contribution in [0.1, 0.15) is 39.5 Å². The van der Waals surface area contributed by atoms with Gasteiger partial charge in [0, 0.05) is 19.6 Å². The van der Waals surface area contributed by atoms with E-state index in [1.807, 2.05) is 11.8 Å². The van der Waals surface area contributed by atoms with E-state index in [0.29, 0.717) is 19.6 Å². The van der Waals surface area contributed by atoms with Crippen LogP contribution in [0, 0.1) is 0 Å². The maximum absolute atomic E-state index is 12.4. The fraction of sp³-hybridized carbons (Fsp3) is 0.929. The molecule has 19 heavy (non-hydrogen) atoms. The second-order valence-corrected chi connectivity index (χ2v) is 5.78. The van der Waals surface area contributed by atoms with Crippen LogP contribution in [0.25, 0.3) is 0 Å². The van der Waals surface area contributed by atoms with Gasteiger partial charge in [0.2, 0.25) is 5.91 Å². The third-order valence-corrected chi connectivity index (χ3v) is 4.30. The van der Waals surface area contributed by atoms with Crippen molar-refractivity contribution in [3.63, 3.8) is 0 Å². The number of β-amino-alcohol motifs (C(OH)–C–C–N with tert-alkyl or cyclic N) is 1. The average Bonchev–Trinajstić information content (AvgIpc) is 2.71. The Balaban J connectivity index is 1.94. The van der Waals surface area contributed by atoms with Crippen LogP contribution in [0.5, 0.6) is 0 Å². The maximum Gasteiger partial charge on any atom is 0.239 e. The maximum atomic E-state index is 12.4. The van der Waals surface area contributed by atoms with Crippen molar-refractivity contribution < 1.29 is 14.6 Å². The van der Waals surface area contributed by atoms with E-state index >= 15 is 0 Å². The number of nitrogens with one attached hydrogen (secondary N) is 1. The third-order valence-electron chi connectivity index (χ3n) is 4.30. The lowest BCUT2D eigenvalue weighted by Crippen LogP contribution is -2.56.